The van der Waals surface area contributed by atoms with Gasteiger partial charge in [0.15, 0.2) is 0 Å². The van der Waals surface area contributed by atoms with E-state index in [2.05, 4.69) is 66.7 Å². The van der Waals surface area contributed by atoms with Crippen molar-refractivity contribution in [2.24, 2.45) is 11.8 Å². The standard InChI is InChI=1S/C21H28N2O/c1-16(15-22-21(24)18-10-12-23(2)13-11-18)14-19-8-5-7-17-6-3-4-9-20(17)19/h3-9,16,18H,10-15H2,1-2H3,(H,22,24). The van der Waals surface area contributed by atoms with Crippen molar-refractivity contribution in [3.05, 3.63) is 48.0 Å². The number of hydrogen-bond acceptors (Lipinski definition) is 2. The van der Waals surface area contributed by atoms with E-state index in [0.29, 0.717) is 5.92 Å². The largest absolute Gasteiger partial charge is 0.356 e. The Bertz CT molecular complexity index is 684. The molecular weight excluding hydrogens is 296 g/mol. The highest BCUT2D eigenvalue weighted by Crippen LogP contribution is 2.21. The van der Waals surface area contributed by atoms with Gasteiger partial charge in [-0.15, -0.1) is 0 Å². The molecule has 128 valence electrons. The van der Waals surface area contributed by atoms with Gasteiger partial charge in [-0.1, -0.05) is 49.4 Å². The normalized spacial score (nSPS) is 17.8. The number of carbonyl (C=O) groups excluding carboxylic acids is 1. The van der Waals surface area contributed by atoms with Crippen LogP contribution in [0.15, 0.2) is 42.5 Å². The summed E-state index contributed by atoms with van der Waals surface area (Å²) in [7, 11) is 2.13. The minimum Gasteiger partial charge on any atom is -0.356 e. The molecule has 3 nitrogen and oxygen atoms in total. The fraction of sp³-hybridized carbons (Fsp3) is 0.476. The number of piperidine rings is 1. The molecule has 1 saturated heterocycles. The first kappa shape index (κ1) is 17.0. The molecule has 0 aromatic heterocycles. The number of carbonyl (C=O) groups is 1. The molecule has 1 atom stereocenters. The molecule has 1 unspecified atom stereocenters. The smallest absolute Gasteiger partial charge is 0.223 e. The second kappa shape index (κ2) is 7.80. The number of nitrogens with zero attached hydrogens (tertiary/aromatic N) is 1. The van der Waals surface area contributed by atoms with E-state index >= 15 is 0 Å². The summed E-state index contributed by atoms with van der Waals surface area (Å²) in [5, 5.41) is 5.79. The first-order chi connectivity index (χ1) is 11.6. The average molecular weight is 324 g/mol. The summed E-state index contributed by atoms with van der Waals surface area (Å²) >= 11 is 0. The summed E-state index contributed by atoms with van der Waals surface area (Å²) in [5.74, 6) is 0.879. The van der Waals surface area contributed by atoms with Gasteiger partial charge in [-0.3, -0.25) is 4.79 Å². The lowest BCUT2D eigenvalue weighted by atomic mass is 9.94. The summed E-state index contributed by atoms with van der Waals surface area (Å²) in [6.07, 6.45) is 2.97. The van der Waals surface area contributed by atoms with Crippen molar-refractivity contribution < 1.29 is 4.79 Å². The van der Waals surface area contributed by atoms with Crippen molar-refractivity contribution in [1.29, 1.82) is 0 Å². The molecule has 0 saturated carbocycles. The van der Waals surface area contributed by atoms with Crippen molar-refractivity contribution >= 4 is 16.7 Å². The second-order valence-electron chi connectivity index (χ2n) is 7.27. The van der Waals surface area contributed by atoms with Crippen LogP contribution in [0.1, 0.15) is 25.3 Å². The topological polar surface area (TPSA) is 32.3 Å². The molecule has 0 aliphatic carbocycles. The maximum Gasteiger partial charge on any atom is 0.223 e. The Balaban J connectivity index is 1.53. The van der Waals surface area contributed by atoms with Gasteiger partial charge < -0.3 is 10.2 Å². The van der Waals surface area contributed by atoms with Crippen LogP contribution < -0.4 is 5.32 Å². The molecule has 0 spiro atoms. The minimum absolute atomic E-state index is 0.200. The van der Waals surface area contributed by atoms with E-state index < -0.39 is 0 Å². The number of rotatable bonds is 5. The maximum absolute atomic E-state index is 12.3. The van der Waals surface area contributed by atoms with E-state index in [9.17, 15) is 4.79 Å². The van der Waals surface area contributed by atoms with Crippen molar-refractivity contribution in [1.82, 2.24) is 10.2 Å². The molecule has 0 bridgehead atoms. The van der Waals surface area contributed by atoms with Crippen LogP contribution in [0.25, 0.3) is 10.8 Å². The van der Waals surface area contributed by atoms with E-state index in [1.807, 2.05) is 0 Å². The molecule has 1 aliphatic rings. The second-order valence-corrected chi connectivity index (χ2v) is 7.27. The molecular formula is C21H28N2O. The first-order valence-electron chi connectivity index (χ1n) is 9.06. The van der Waals surface area contributed by atoms with Crippen LogP contribution in [0.3, 0.4) is 0 Å². The Morgan fingerprint density at radius 1 is 1.17 bits per heavy atom. The van der Waals surface area contributed by atoms with Crippen molar-refractivity contribution in [3.8, 4) is 0 Å². The molecule has 1 N–H and O–H groups in total. The lowest BCUT2D eigenvalue weighted by molar-refractivity contribution is -0.126. The first-order valence-corrected chi connectivity index (χ1v) is 9.06. The summed E-state index contributed by atoms with van der Waals surface area (Å²) in [5.41, 5.74) is 1.37. The molecule has 1 aliphatic heterocycles. The van der Waals surface area contributed by atoms with Gasteiger partial charge >= 0.3 is 0 Å². The SMILES string of the molecule is CC(CNC(=O)C1CCN(C)CC1)Cc1cccc2ccccc12. The zero-order valence-electron chi connectivity index (χ0n) is 14.8. The van der Waals surface area contributed by atoms with Crippen LogP contribution in [0, 0.1) is 11.8 Å². The van der Waals surface area contributed by atoms with E-state index in [4.69, 9.17) is 0 Å². The van der Waals surface area contributed by atoms with E-state index in [-0.39, 0.29) is 11.8 Å². The van der Waals surface area contributed by atoms with E-state index in [0.717, 1.165) is 38.9 Å². The van der Waals surface area contributed by atoms with Gasteiger partial charge in [-0.25, -0.2) is 0 Å². The number of likely N-dealkylation sites (tertiary alicyclic amines) is 1. The van der Waals surface area contributed by atoms with Crippen LogP contribution in [0.4, 0.5) is 0 Å². The Morgan fingerprint density at radius 2 is 1.88 bits per heavy atom. The lowest BCUT2D eigenvalue weighted by Gasteiger charge is -2.28. The van der Waals surface area contributed by atoms with Gasteiger partial charge in [0, 0.05) is 12.5 Å². The molecule has 1 heterocycles. The van der Waals surface area contributed by atoms with E-state index in [1.165, 1.54) is 16.3 Å². The highest BCUT2D eigenvalue weighted by atomic mass is 16.1. The molecule has 3 rings (SSSR count). The fourth-order valence-corrected chi connectivity index (χ4v) is 3.61. The number of benzene rings is 2. The quantitative estimate of drug-likeness (QED) is 0.913. The van der Waals surface area contributed by atoms with Gasteiger partial charge in [0.25, 0.3) is 0 Å². The van der Waals surface area contributed by atoms with Crippen molar-refractivity contribution in [2.45, 2.75) is 26.2 Å². The van der Waals surface area contributed by atoms with Crippen LogP contribution >= 0.6 is 0 Å². The summed E-state index contributed by atoms with van der Waals surface area (Å²) in [4.78, 5) is 14.6. The summed E-state index contributed by atoms with van der Waals surface area (Å²) in [6.45, 7) is 5.04. The van der Waals surface area contributed by atoms with Crippen LogP contribution in [0.2, 0.25) is 0 Å². The van der Waals surface area contributed by atoms with Crippen LogP contribution in [0.5, 0.6) is 0 Å². The van der Waals surface area contributed by atoms with Crippen LogP contribution in [-0.2, 0) is 11.2 Å². The van der Waals surface area contributed by atoms with Gasteiger partial charge in [0.2, 0.25) is 5.91 Å². The molecule has 3 heteroatoms. The Kier molecular flexibility index (Phi) is 5.52. The number of fused-ring (bicyclic) bond motifs is 1. The Hall–Kier alpha value is -1.87. The lowest BCUT2D eigenvalue weighted by Crippen LogP contribution is -2.40. The minimum atomic E-state index is 0.200. The highest BCUT2D eigenvalue weighted by Gasteiger charge is 2.23. The van der Waals surface area contributed by atoms with Gasteiger partial charge in [-0.2, -0.15) is 0 Å². The number of nitrogens with one attached hydrogen (secondary N) is 1. The summed E-state index contributed by atoms with van der Waals surface area (Å²) in [6, 6.07) is 15.0. The molecule has 24 heavy (non-hydrogen) atoms. The van der Waals surface area contributed by atoms with Crippen LogP contribution in [-0.4, -0.2) is 37.5 Å². The van der Waals surface area contributed by atoms with Crippen molar-refractivity contribution in [3.63, 3.8) is 0 Å². The van der Waals surface area contributed by atoms with Gasteiger partial charge in [0.1, 0.15) is 0 Å². The molecule has 1 amide bonds. The maximum atomic E-state index is 12.3. The average Bonchev–Trinajstić information content (AvgIpc) is 2.61. The summed E-state index contributed by atoms with van der Waals surface area (Å²) < 4.78 is 0. The zero-order chi connectivity index (χ0) is 16.9. The predicted molar refractivity (Wildman–Crippen MR) is 100 cm³/mol. The van der Waals surface area contributed by atoms with Crippen molar-refractivity contribution in [2.75, 3.05) is 26.7 Å². The fourth-order valence-electron chi connectivity index (χ4n) is 3.61. The Morgan fingerprint density at radius 3 is 2.67 bits per heavy atom. The highest BCUT2D eigenvalue weighted by molar-refractivity contribution is 5.85. The number of amides is 1. The Labute approximate surface area is 145 Å². The predicted octanol–water partition coefficient (Wildman–Crippen LogP) is 3.48. The molecule has 2 aromatic rings. The monoisotopic (exact) mass is 324 g/mol. The third kappa shape index (κ3) is 4.15. The molecule has 0 radical (unpaired) electrons. The van der Waals surface area contributed by atoms with Gasteiger partial charge in [0.05, 0.1) is 0 Å². The zero-order valence-corrected chi connectivity index (χ0v) is 14.8. The number of hydrogen-bond donors (Lipinski definition) is 1. The third-order valence-corrected chi connectivity index (χ3v) is 5.16. The molecule has 1 fully saturated rings. The van der Waals surface area contributed by atoms with E-state index in [1.54, 1.807) is 0 Å². The molecule has 2 aromatic carbocycles. The third-order valence-electron chi connectivity index (χ3n) is 5.16. The van der Waals surface area contributed by atoms with Gasteiger partial charge in [-0.05, 0) is 61.7 Å².